The van der Waals surface area contributed by atoms with Crippen LogP contribution >= 0.6 is 0 Å². The highest BCUT2D eigenvalue weighted by molar-refractivity contribution is 5.91. The molecule has 43 heavy (non-hydrogen) atoms. The second-order valence-electron chi connectivity index (χ2n) is 11.9. The Labute approximate surface area is 252 Å². The summed E-state index contributed by atoms with van der Waals surface area (Å²) in [7, 11) is 0. The van der Waals surface area contributed by atoms with Crippen molar-refractivity contribution in [3.05, 3.63) is 30.3 Å². The first-order chi connectivity index (χ1) is 20.5. The Bertz CT molecular complexity index is 1090. The fourth-order valence-corrected chi connectivity index (χ4v) is 4.83. The molecule has 0 spiro atoms. The standard InChI is InChI=1S/C30H45N5O8/c1-30(2,3)18-25(36)31-10-13-34-19-27(38)35-12-9-22(33-26(37)20-43-23-7-5-4-6-8-23)17-24(35)29(40)32-11-14-41-15-16-42-21-28(34)39/h4-8,22,24H,9-21H2,1-3H3,(H,31,36)(H,32,40)(H,33,37)/t22-,24+/m1/s1. The summed E-state index contributed by atoms with van der Waals surface area (Å²) in [5.74, 6) is -1.08. The van der Waals surface area contributed by atoms with Crippen molar-refractivity contribution < 1.29 is 38.2 Å². The molecule has 3 rings (SSSR count). The monoisotopic (exact) mass is 603 g/mol. The summed E-state index contributed by atoms with van der Waals surface area (Å²) in [6.45, 7) is 6.53. The Kier molecular flexibility index (Phi) is 13.2. The van der Waals surface area contributed by atoms with Crippen molar-refractivity contribution in [1.29, 1.82) is 0 Å². The van der Waals surface area contributed by atoms with Crippen molar-refractivity contribution in [1.82, 2.24) is 25.8 Å². The molecule has 2 heterocycles. The van der Waals surface area contributed by atoms with E-state index in [-0.39, 0.29) is 101 Å². The number of rotatable bonds is 8. The zero-order chi connectivity index (χ0) is 31.2. The lowest BCUT2D eigenvalue weighted by Crippen LogP contribution is -2.59. The molecule has 238 valence electrons. The van der Waals surface area contributed by atoms with Gasteiger partial charge in [0.2, 0.25) is 23.6 Å². The number of nitrogens with one attached hydrogen (secondary N) is 3. The van der Waals surface area contributed by atoms with Crippen LogP contribution in [0.2, 0.25) is 0 Å². The third kappa shape index (κ3) is 12.2. The van der Waals surface area contributed by atoms with Gasteiger partial charge in [0.05, 0.1) is 26.4 Å². The molecule has 5 amide bonds. The molecule has 0 unspecified atom stereocenters. The molecule has 2 aliphatic rings. The summed E-state index contributed by atoms with van der Waals surface area (Å²) in [6.07, 6.45) is 0.953. The molecule has 1 aromatic rings. The number of fused-ring (bicyclic) bond motifs is 1. The minimum atomic E-state index is -0.855. The molecule has 1 aromatic carbocycles. The number of amides is 5. The number of piperidine rings is 1. The average Bonchev–Trinajstić information content (AvgIpc) is 2.96. The molecule has 0 aromatic heterocycles. The molecule has 0 radical (unpaired) electrons. The Hall–Kier alpha value is -3.71. The molecule has 2 atom stereocenters. The van der Waals surface area contributed by atoms with E-state index in [4.69, 9.17) is 14.2 Å². The summed E-state index contributed by atoms with van der Waals surface area (Å²) < 4.78 is 16.5. The van der Waals surface area contributed by atoms with E-state index in [9.17, 15) is 24.0 Å². The van der Waals surface area contributed by atoms with Gasteiger partial charge in [0, 0.05) is 38.6 Å². The van der Waals surface area contributed by atoms with Crippen molar-refractivity contribution in [3.63, 3.8) is 0 Å². The van der Waals surface area contributed by atoms with Crippen molar-refractivity contribution in [2.45, 2.75) is 52.1 Å². The second kappa shape index (κ2) is 16.8. The van der Waals surface area contributed by atoms with E-state index < -0.39 is 17.9 Å². The molecular formula is C30H45N5O8. The third-order valence-corrected chi connectivity index (χ3v) is 6.92. The molecule has 2 saturated heterocycles. The van der Waals surface area contributed by atoms with Gasteiger partial charge in [-0.1, -0.05) is 39.0 Å². The first-order valence-corrected chi connectivity index (χ1v) is 14.8. The second-order valence-corrected chi connectivity index (χ2v) is 11.9. The number of hydrogen-bond acceptors (Lipinski definition) is 8. The van der Waals surface area contributed by atoms with Gasteiger partial charge in [-0.05, 0) is 30.4 Å². The van der Waals surface area contributed by atoms with Gasteiger partial charge in [0.25, 0.3) is 5.91 Å². The van der Waals surface area contributed by atoms with E-state index in [1.807, 2.05) is 39.0 Å². The normalized spacial score (nSPS) is 21.1. The first kappa shape index (κ1) is 33.8. The maximum Gasteiger partial charge on any atom is 0.258 e. The lowest BCUT2D eigenvalue weighted by molar-refractivity contribution is -0.148. The highest BCUT2D eigenvalue weighted by Gasteiger charge is 2.37. The lowest BCUT2D eigenvalue weighted by Gasteiger charge is -2.39. The highest BCUT2D eigenvalue weighted by atomic mass is 16.5. The molecule has 0 aliphatic carbocycles. The molecule has 3 N–H and O–H groups in total. The quantitative estimate of drug-likeness (QED) is 0.378. The minimum absolute atomic E-state index is 0.102. The summed E-state index contributed by atoms with van der Waals surface area (Å²) in [5, 5.41) is 8.54. The first-order valence-electron chi connectivity index (χ1n) is 14.8. The predicted octanol–water partition coefficient (Wildman–Crippen LogP) is 0.0852. The smallest absolute Gasteiger partial charge is 0.258 e. The molecule has 13 heteroatoms. The van der Waals surface area contributed by atoms with Crippen LogP contribution in [-0.2, 0) is 33.4 Å². The number of benzene rings is 1. The molecule has 13 nitrogen and oxygen atoms in total. The van der Waals surface area contributed by atoms with Gasteiger partial charge in [0.1, 0.15) is 18.4 Å². The number of hydrogen-bond donors (Lipinski definition) is 3. The summed E-state index contributed by atoms with van der Waals surface area (Å²) in [5.41, 5.74) is -0.189. The fourth-order valence-electron chi connectivity index (χ4n) is 4.83. The lowest BCUT2D eigenvalue weighted by atomic mass is 9.92. The van der Waals surface area contributed by atoms with Crippen LogP contribution in [0.1, 0.15) is 40.0 Å². The van der Waals surface area contributed by atoms with Gasteiger partial charge >= 0.3 is 0 Å². The Balaban J connectivity index is 1.65. The Morgan fingerprint density at radius 3 is 2.51 bits per heavy atom. The van der Waals surface area contributed by atoms with Crippen LogP contribution in [0.25, 0.3) is 0 Å². The number of ether oxygens (including phenoxy) is 3. The number of carbonyl (C=O) groups is 5. The van der Waals surface area contributed by atoms with Gasteiger partial charge in [0.15, 0.2) is 6.61 Å². The maximum atomic E-state index is 13.6. The van der Waals surface area contributed by atoms with Crippen molar-refractivity contribution in [3.8, 4) is 5.75 Å². The molecule has 2 aliphatic heterocycles. The molecule has 2 fully saturated rings. The van der Waals surface area contributed by atoms with Crippen LogP contribution in [0.5, 0.6) is 5.75 Å². The van der Waals surface area contributed by atoms with Crippen LogP contribution in [0, 0.1) is 5.41 Å². The van der Waals surface area contributed by atoms with E-state index >= 15 is 0 Å². The van der Waals surface area contributed by atoms with Crippen LogP contribution < -0.4 is 20.7 Å². The van der Waals surface area contributed by atoms with Gasteiger partial charge in [-0.15, -0.1) is 0 Å². The van der Waals surface area contributed by atoms with Crippen LogP contribution in [-0.4, -0.2) is 117 Å². The Morgan fingerprint density at radius 2 is 1.77 bits per heavy atom. The topological polar surface area (TPSA) is 156 Å². The zero-order valence-electron chi connectivity index (χ0n) is 25.4. The molecule has 0 saturated carbocycles. The van der Waals surface area contributed by atoms with Gasteiger partial charge in [-0.2, -0.15) is 0 Å². The van der Waals surface area contributed by atoms with E-state index in [2.05, 4.69) is 16.0 Å². The van der Waals surface area contributed by atoms with Crippen molar-refractivity contribution >= 4 is 29.5 Å². The van der Waals surface area contributed by atoms with Gasteiger partial charge < -0.3 is 40.0 Å². The minimum Gasteiger partial charge on any atom is -0.484 e. The fraction of sp³-hybridized carbons (Fsp3) is 0.633. The van der Waals surface area contributed by atoms with Crippen molar-refractivity contribution in [2.75, 3.05) is 65.8 Å². The highest BCUT2D eigenvalue weighted by Crippen LogP contribution is 2.20. The largest absolute Gasteiger partial charge is 0.484 e. The van der Waals surface area contributed by atoms with E-state index in [0.717, 1.165) is 0 Å². The number of carbonyl (C=O) groups excluding carboxylic acids is 5. The molecule has 0 bridgehead atoms. The summed E-state index contributed by atoms with van der Waals surface area (Å²) in [4.78, 5) is 67.5. The van der Waals surface area contributed by atoms with E-state index in [0.29, 0.717) is 18.6 Å². The van der Waals surface area contributed by atoms with E-state index in [1.165, 1.54) is 9.80 Å². The number of nitrogens with zero attached hydrogens (tertiary/aromatic N) is 2. The predicted molar refractivity (Wildman–Crippen MR) is 157 cm³/mol. The average molecular weight is 604 g/mol. The third-order valence-electron chi connectivity index (χ3n) is 6.92. The number of para-hydroxylation sites is 1. The summed E-state index contributed by atoms with van der Waals surface area (Å²) >= 11 is 0. The van der Waals surface area contributed by atoms with Crippen LogP contribution in [0.3, 0.4) is 0 Å². The van der Waals surface area contributed by atoms with Crippen molar-refractivity contribution in [2.24, 2.45) is 5.41 Å². The summed E-state index contributed by atoms with van der Waals surface area (Å²) in [6, 6.07) is 7.76. The van der Waals surface area contributed by atoms with Crippen LogP contribution in [0.4, 0.5) is 0 Å². The van der Waals surface area contributed by atoms with Gasteiger partial charge in [-0.25, -0.2) is 0 Å². The molecular weight excluding hydrogens is 558 g/mol. The zero-order valence-corrected chi connectivity index (χ0v) is 25.4. The van der Waals surface area contributed by atoms with E-state index in [1.54, 1.807) is 12.1 Å². The van der Waals surface area contributed by atoms with Gasteiger partial charge in [-0.3, -0.25) is 24.0 Å². The Morgan fingerprint density at radius 1 is 1.02 bits per heavy atom. The maximum absolute atomic E-state index is 13.6. The SMILES string of the molecule is CC(C)(C)CC(=O)NCCN1CC(=O)N2CC[C@@H](NC(=O)COc3ccccc3)C[C@H]2C(=O)NCCOCCOCC1=O. The van der Waals surface area contributed by atoms with Crippen LogP contribution in [0.15, 0.2) is 30.3 Å².